The van der Waals surface area contributed by atoms with Gasteiger partial charge in [0.1, 0.15) is 5.78 Å². The van der Waals surface area contributed by atoms with Crippen molar-refractivity contribution in [1.82, 2.24) is 5.43 Å². The fraction of sp³-hybridized carbons (Fsp3) is 0.286. The summed E-state index contributed by atoms with van der Waals surface area (Å²) in [5, 5.41) is 8.53. The first-order valence-electron chi connectivity index (χ1n) is 3.41. The van der Waals surface area contributed by atoms with E-state index in [0.717, 1.165) is 6.08 Å². The van der Waals surface area contributed by atoms with Gasteiger partial charge in [-0.15, -0.1) is 0 Å². The number of hydrogen-bond acceptors (Lipinski definition) is 4. The number of Topliss-reactive ketones (excluding diaryl/α,β-unsaturated/α-hetero) is 1. The standard InChI is InChI=1S/C7H10N2O4/c1-4(10)2-5(7(12)13)3-6(11)9-8/h3H,2,8H2,1H3,(H,9,11)(H,12,13)/b5-3-. The molecule has 0 unspecified atom stereocenters. The van der Waals surface area contributed by atoms with Gasteiger partial charge in [0, 0.05) is 18.1 Å². The summed E-state index contributed by atoms with van der Waals surface area (Å²) in [5.74, 6) is 2.34. The van der Waals surface area contributed by atoms with Crippen molar-refractivity contribution in [2.24, 2.45) is 5.84 Å². The van der Waals surface area contributed by atoms with Crippen LogP contribution in [0.3, 0.4) is 0 Å². The highest BCUT2D eigenvalue weighted by Gasteiger charge is 2.11. The summed E-state index contributed by atoms with van der Waals surface area (Å²) in [7, 11) is 0. The molecule has 0 bridgehead atoms. The molecule has 0 aliphatic heterocycles. The number of carboxylic acids is 1. The number of hydrazine groups is 1. The molecule has 1 amide bonds. The van der Waals surface area contributed by atoms with Crippen molar-refractivity contribution >= 4 is 17.7 Å². The molecule has 0 aliphatic carbocycles. The van der Waals surface area contributed by atoms with Gasteiger partial charge in [0.05, 0.1) is 0 Å². The van der Waals surface area contributed by atoms with Crippen molar-refractivity contribution in [3.8, 4) is 0 Å². The van der Waals surface area contributed by atoms with E-state index in [1.165, 1.54) is 6.92 Å². The van der Waals surface area contributed by atoms with Crippen LogP contribution in [0.5, 0.6) is 0 Å². The van der Waals surface area contributed by atoms with Crippen molar-refractivity contribution in [3.63, 3.8) is 0 Å². The van der Waals surface area contributed by atoms with Crippen LogP contribution in [-0.2, 0) is 14.4 Å². The van der Waals surface area contributed by atoms with Gasteiger partial charge < -0.3 is 5.11 Å². The van der Waals surface area contributed by atoms with Crippen LogP contribution in [-0.4, -0.2) is 22.8 Å². The maximum atomic E-state index is 10.6. The molecular formula is C7H10N2O4. The van der Waals surface area contributed by atoms with Crippen LogP contribution in [0.1, 0.15) is 13.3 Å². The largest absolute Gasteiger partial charge is 0.478 e. The van der Waals surface area contributed by atoms with Crippen molar-refractivity contribution < 1.29 is 19.5 Å². The molecular weight excluding hydrogens is 176 g/mol. The first-order valence-corrected chi connectivity index (χ1v) is 3.41. The van der Waals surface area contributed by atoms with Gasteiger partial charge in [-0.2, -0.15) is 0 Å². The van der Waals surface area contributed by atoms with Crippen LogP contribution in [0, 0.1) is 0 Å². The van der Waals surface area contributed by atoms with E-state index in [1.807, 2.05) is 0 Å². The van der Waals surface area contributed by atoms with Gasteiger partial charge in [-0.05, 0) is 6.92 Å². The molecule has 0 rings (SSSR count). The lowest BCUT2D eigenvalue weighted by atomic mass is 10.1. The fourth-order valence-corrected chi connectivity index (χ4v) is 0.656. The molecule has 4 N–H and O–H groups in total. The average Bonchev–Trinajstić information content (AvgIpc) is 2.02. The van der Waals surface area contributed by atoms with Crippen molar-refractivity contribution in [3.05, 3.63) is 11.6 Å². The molecule has 0 radical (unpaired) electrons. The Kier molecular flexibility index (Phi) is 4.39. The number of nitrogens with one attached hydrogen (secondary N) is 1. The molecule has 13 heavy (non-hydrogen) atoms. The number of amides is 1. The molecule has 0 aromatic heterocycles. The first-order chi connectivity index (χ1) is 5.97. The predicted octanol–water partition coefficient (Wildman–Crippen LogP) is -1.03. The third kappa shape index (κ3) is 4.70. The normalized spacial score (nSPS) is 10.8. The lowest BCUT2D eigenvalue weighted by molar-refractivity contribution is -0.134. The zero-order valence-corrected chi connectivity index (χ0v) is 7.03. The van der Waals surface area contributed by atoms with Crippen LogP contribution in [0.25, 0.3) is 0 Å². The second kappa shape index (κ2) is 5.04. The summed E-state index contributed by atoms with van der Waals surface area (Å²) in [6.45, 7) is 1.23. The minimum absolute atomic E-state index is 0.282. The molecule has 0 heterocycles. The Bertz CT molecular complexity index is 270. The summed E-state index contributed by atoms with van der Waals surface area (Å²) in [6, 6.07) is 0. The summed E-state index contributed by atoms with van der Waals surface area (Å²) >= 11 is 0. The molecule has 0 spiro atoms. The molecule has 72 valence electrons. The van der Waals surface area contributed by atoms with Gasteiger partial charge in [0.15, 0.2) is 0 Å². The Morgan fingerprint density at radius 2 is 2.00 bits per heavy atom. The maximum absolute atomic E-state index is 10.6. The van der Waals surface area contributed by atoms with E-state index in [9.17, 15) is 14.4 Å². The highest BCUT2D eigenvalue weighted by molar-refractivity contribution is 6.00. The summed E-state index contributed by atoms with van der Waals surface area (Å²) in [4.78, 5) is 31.6. The Hall–Kier alpha value is -1.69. The summed E-state index contributed by atoms with van der Waals surface area (Å²) in [5.41, 5.74) is 1.45. The topological polar surface area (TPSA) is 109 Å². The second-order valence-electron chi connectivity index (χ2n) is 2.36. The van der Waals surface area contributed by atoms with Gasteiger partial charge in [-0.3, -0.25) is 15.0 Å². The Morgan fingerprint density at radius 1 is 1.46 bits per heavy atom. The Balaban J connectivity index is 4.60. The smallest absolute Gasteiger partial charge is 0.332 e. The Labute approximate surface area is 74.4 Å². The zero-order chi connectivity index (χ0) is 10.4. The lowest BCUT2D eigenvalue weighted by Gasteiger charge is -1.98. The molecule has 0 aromatic carbocycles. The van der Waals surface area contributed by atoms with Crippen molar-refractivity contribution in [1.29, 1.82) is 0 Å². The molecule has 0 aromatic rings. The summed E-state index contributed by atoms with van der Waals surface area (Å²) < 4.78 is 0. The van der Waals surface area contributed by atoms with E-state index in [-0.39, 0.29) is 17.8 Å². The van der Waals surface area contributed by atoms with E-state index in [1.54, 1.807) is 5.43 Å². The monoisotopic (exact) mass is 186 g/mol. The molecule has 6 nitrogen and oxygen atoms in total. The van der Waals surface area contributed by atoms with Crippen LogP contribution in [0.15, 0.2) is 11.6 Å². The molecule has 0 aliphatic rings. The summed E-state index contributed by atoms with van der Waals surface area (Å²) in [6.07, 6.45) is 0.493. The number of hydrogen-bond donors (Lipinski definition) is 3. The maximum Gasteiger partial charge on any atom is 0.332 e. The number of carbonyl (C=O) groups is 3. The van der Waals surface area contributed by atoms with Crippen molar-refractivity contribution in [2.45, 2.75) is 13.3 Å². The van der Waals surface area contributed by atoms with Crippen molar-refractivity contribution in [2.75, 3.05) is 0 Å². The van der Waals surface area contributed by atoms with Crippen LogP contribution < -0.4 is 11.3 Å². The van der Waals surface area contributed by atoms with Gasteiger partial charge in [0.25, 0.3) is 5.91 Å². The van der Waals surface area contributed by atoms with E-state index in [2.05, 4.69) is 0 Å². The van der Waals surface area contributed by atoms with Gasteiger partial charge in [-0.1, -0.05) is 0 Å². The molecule has 0 fully saturated rings. The number of carboxylic acid groups (broad SMARTS) is 1. The zero-order valence-electron chi connectivity index (χ0n) is 7.03. The number of carbonyl (C=O) groups excluding carboxylic acids is 2. The van der Waals surface area contributed by atoms with Crippen LogP contribution >= 0.6 is 0 Å². The highest BCUT2D eigenvalue weighted by Crippen LogP contribution is 2.01. The lowest BCUT2D eigenvalue weighted by Crippen LogP contribution is -2.29. The van der Waals surface area contributed by atoms with E-state index in [4.69, 9.17) is 10.9 Å². The predicted molar refractivity (Wildman–Crippen MR) is 43.3 cm³/mol. The quantitative estimate of drug-likeness (QED) is 0.225. The van der Waals surface area contributed by atoms with Crippen LogP contribution in [0.2, 0.25) is 0 Å². The van der Waals surface area contributed by atoms with E-state index >= 15 is 0 Å². The first kappa shape index (κ1) is 11.3. The number of rotatable bonds is 4. The Morgan fingerprint density at radius 3 is 2.31 bits per heavy atom. The SMILES string of the molecule is CC(=O)C/C(=C/C(=O)NN)C(=O)O. The van der Waals surface area contributed by atoms with Gasteiger partial charge in [0.2, 0.25) is 0 Å². The minimum Gasteiger partial charge on any atom is -0.478 e. The molecule has 0 atom stereocenters. The number of ketones is 1. The fourth-order valence-electron chi connectivity index (χ4n) is 0.656. The third-order valence-corrected chi connectivity index (χ3v) is 1.16. The van der Waals surface area contributed by atoms with Gasteiger partial charge in [-0.25, -0.2) is 10.6 Å². The molecule has 0 saturated heterocycles. The molecule has 0 saturated carbocycles. The average molecular weight is 186 g/mol. The minimum atomic E-state index is -1.31. The van der Waals surface area contributed by atoms with Crippen LogP contribution in [0.4, 0.5) is 0 Å². The number of aliphatic carboxylic acids is 1. The molecule has 6 heteroatoms. The number of nitrogens with two attached hydrogens (primary N) is 1. The van der Waals surface area contributed by atoms with E-state index in [0.29, 0.717) is 0 Å². The highest BCUT2D eigenvalue weighted by atomic mass is 16.4. The van der Waals surface area contributed by atoms with E-state index < -0.39 is 11.9 Å². The third-order valence-electron chi connectivity index (χ3n) is 1.16. The second-order valence-corrected chi connectivity index (χ2v) is 2.36. The van der Waals surface area contributed by atoms with Gasteiger partial charge >= 0.3 is 5.97 Å².